The van der Waals surface area contributed by atoms with Crippen molar-refractivity contribution in [2.45, 2.75) is 25.4 Å². The van der Waals surface area contributed by atoms with Crippen LogP contribution in [0.25, 0.3) is 0 Å². The molecule has 5 nitrogen and oxygen atoms in total. The van der Waals surface area contributed by atoms with Crippen LogP contribution in [0.15, 0.2) is 48.5 Å². The number of para-hydroxylation sites is 1. The number of nitrogens with zero attached hydrogens (tertiary/aromatic N) is 2. The lowest BCUT2D eigenvalue weighted by Gasteiger charge is -2.35. The summed E-state index contributed by atoms with van der Waals surface area (Å²) >= 11 is 0. The van der Waals surface area contributed by atoms with Crippen molar-refractivity contribution >= 4 is 5.91 Å². The average molecular weight is 385 g/mol. The smallest absolute Gasteiger partial charge is 0.224 e. The predicted octanol–water partition coefficient (Wildman–Crippen LogP) is 2.44. The number of carbonyl (C=O) groups is 1. The first kappa shape index (κ1) is 20.3. The third-order valence-electron chi connectivity index (χ3n) is 5.19. The van der Waals surface area contributed by atoms with Crippen molar-refractivity contribution in [2.24, 2.45) is 5.73 Å². The maximum absolute atomic E-state index is 13.8. The van der Waals surface area contributed by atoms with Crippen LogP contribution in [0.3, 0.4) is 0 Å². The highest BCUT2D eigenvalue weighted by Crippen LogP contribution is 2.20. The molecular weight excluding hydrogens is 357 g/mol. The van der Waals surface area contributed by atoms with Gasteiger partial charge in [0.2, 0.25) is 5.91 Å². The van der Waals surface area contributed by atoms with E-state index in [-0.39, 0.29) is 24.2 Å². The van der Waals surface area contributed by atoms with Crippen molar-refractivity contribution in [2.75, 3.05) is 33.3 Å². The lowest BCUT2D eigenvalue weighted by Crippen LogP contribution is -2.49. The second-order valence-electron chi connectivity index (χ2n) is 7.23. The zero-order valence-electron chi connectivity index (χ0n) is 16.3. The minimum atomic E-state index is -0.379. The molecule has 1 aliphatic rings. The van der Waals surface area contributed by atoms with Gasteiger partial charge < -0.3 is 15.4 Å². The van der Waals surface area contributed by atoms with E-state index in [0.717, 1.165) is 30.9 Å². The van der Waals surface area contributed by atoms with Gasteiger partial charge in [0.05, 0.1) is 7.11 Å². The van der Waals surface area contributed by atoms with Crippen molar-refractivity contribution in [3.05, 3.63) is 65.5 Å². The number of rotatable bonds is 7. The highest BCUT2D eigenvalue weighted by molar-refractivity contribution is 5.77. The molecule has 1 atom stereocenters. The monoisotopic (exact) mass is 385 g/mol. The highest BCUT2D eigenvalue weighted by atomic mass is 19.1. The van der Waals surface area contributed by atoms with E-state index in [4.69, 9.17) is 10.5 Å². The lowest BCUT2D eigenvalue weighted by atomic mass is 10.0. The number of hydrogen-bond donors (Lipinski definition) is 1. The summed E-state index contributed by atoms with van der Waals surface area (Å²) in [7, 11) is 1.68. The quantitative estimate of drug-likeness (QED) is 0.795. The van der Waals surface area contributed by atoms with Crippen LogP contribution >= 0.6 is 0 Å². The number of piperazine rings is 1. The molecule has 1 aliphatic heterocycles. The number of halogens is 1. The summed E-state index contributed by atoms with van der Waals surface area (Å²) in [5, 5.41) is 0. The maximum Gasteiger partial charge on any atom is 0.224 e. The minimum absolute atomic E-state index is 0.0424. The number of ether oxygens (including phenoxy) is 1. The largest absolute Gasteiger partial charge is 0.496 e. The Hall–Kier alpha value is -2.44. The highest BCUT2D eigenvalue weighted by Gasteiger charge is 2.23. The Morgan fingerprint density at radius 1 is 1.07 bits per heavy atom. The Kier molecular flexibility index (Phi) is 7.01. The third-order valence-corrected chi connectivity index (χ3v) is 5.19. The molecule has 1 heterocycles. The van der Waals surface area contributed by atoms with Crippen LogP contribution < -0.4 is 10.5 Å². The molecule has 0 bridgehead atoms. The van der Waals surface area contributed by atoms with Gasteiger partial charge in [0.25, 0.3) is 0 Å². The van der Waals surface area contributed by atoms with Crippen molar-refractivity contribution in [3.8, 4) is 5.75 Å². The molecule has 0 saturated carbocycles. The van der Waals surface area contributed by atoms with Crippen molar-refractivity contribution in [3.63, 3.8) is 0 Å². The third kappa shape index (κ3) is 5.30. The molecule has 1 saturated heterocycles. The van der Waals surface area contributed by atoms with E-state index in [1.54, 1.807) is 25.3 Å². The number of nitrogens with two attached hydrogens (primary N) is 1. The number of methoxy groups -OCH3 is 1. The van der Waals surface area contributed by atoms with E-state index < -0.39 is 0 Å². The molecule has 0 spiro atoms. The fourth-order valence-corrected chi connectivity index (χ4v) is 3.60. The first-order chi connectivity index (χ1) is 13.6. The summed E-state index contributed by atoms with van der Waals surface area (Å²) in [5.41, 5.74) is 7.81. The summed E-state index contributed by atoms with van der Waals surface area (Å²) < 4.78 is 19.2. The van der Waals surface area contributed by atoms with Gasteiger partial charge in [-0.05, 0) is 24.1 Å². The first-order valence-electron chi connectivity index (χ1n) is 9.68. The molecule has 0 aliphatic carbocycles. The van der Waals surface area contributed by atoms with Crippen LogP contribution in [0.1, 0.15) is 17.5 Å². The molecule has 2 aromatic rings. The molecule has 0 aromatic heterocycles. The van der Waals surface area contributed by atoms with E-state index in [1.165, 1.54) is 6.07 Å². The van der Waals surface area contributed by atoms with Gasteiger partial charge in [-0.25, -0.2) is 4.39 Å². The second kappa shape index (κ2) is 9.66. The van der Waals surface area contributed by atoms with Crippen molar-refractivity contribution < 1.29 is 13.9 Å². The molecule has 0 radical (unpaired) electrons. The molecule has 6 heteroatoms. The summed E-state index contributed by atoms with van der Waals surface area (Å²) in [6.45, 7) is 3.79. The Morgan fingerprint density at radius 2 is 1.71 bits per heavy atom. The standard InChI is InChI=1S/C22H28FN3O2/c1-28-21-9-5-3-7-18(21)16-25-10-12-26(13-11-25)22(27)15-19(24)14-17-6-2-4-8-20(17)23/h2-9,19H,10-16,24H2,1H3/t19-/m1/s1. The van der Waals surface area contributed by atoms with Gasteiger partial charge in [-0.15, -0.1) is 0 Å². The van der Waals surface area contributed by atoms with Crippen LogP contribution in [0.2, 0.25) is 0 Å². The van der Waals surface area contributed by atoms with Crippen LogP contribution in [0.4, 0.5) is 4.39 Å². The van der Waals surface area contributed by atoms with E-state index in [2.05, 4.69) is 11.0 Å². The van der Waals surface area contributed by atoms with Gasteiger partial charge in [-0.3, -0.25) is 9.69 Å². The Bertz CT molecular complexity index is 791. The number of benzene rings is 2. The Labute approximate surface area is 165 Å². The number of carbonyl (C=O) groups excluding carboxylic acids is 1. The second-order valence-corrected chi connectivity index (χ2v) is 7.23. The van der Waals surface area contributed by atoms with Gasteiger partial charge in [-0.1, -0.05) is 36.4 Å². The van der Waals surface area contributed by atoms with Crippen LogP contribution in [-0.2, 0) is 17.8 Å². The Balaban J connectivity index is 1.46. The van der Waals surface area contributed by atoms with Gasteiger partial charge in [0.1, 0.15) is 11.6 Å². The molecule has 2 aromatic carbocycles. The van der Waals surface area contributed by atoms with Crippen LogP contribution in [0, 0.1) is 5.82 Å². The normalized spacial score (nSPS) is 16.0. The number of hydrogen-bond acceptors (Lipinski definition) is 4. The molecule has 1 amide bonds. The molecule has 3 rings (SSSR count). The maximum atomic E-state index is 13.8. The topological polar surface area (TPSA) is 58.8 Å². The summed E-state index contributed by atoms with van der Waals surface area (Å²) in [6, 6.07) is 14.2. The van der Waals surface area contributed by atoms with Crippen LogP contribution in [-0.4, -0.2) is 55.0 Å². The minimum Gasteiger partial charge on any atom is -0.496 e. The SMILES string of the molecule is COc1ccccc1CN1CCN(C(=O)C[C@H](N)Cc2ccccc2F)CC1. The molecular formula is C22H28FN3O2. The summed E-state index contributed by atoms with van der Waals surface area (Å²) in [5.74, 6) is 0.663. The molecule has 0 unspecified atom stereocenters. The average Bonchev–Trinajstić information content (AvgIpc) is 2.70. The van der Waals surface area contributed by atoms with Gasteiger partial charge in [0, 0.05) is 50.7 Å². The van der Waals surface area contributed by atoms with Crippen molar-refractivity contribution in [1.29, 1.82) is 0 Å². The number of amides is 1. The fourth-order valence-electron chi connectivity index (χ4n) is 3.60. The zero-order chi connectivity index (χ0) is 19.9. The van der Waals surface area contributed by atoms with E-state index in [0.29, 0.717) is 25.1 Å². The summed E-state index contributed by atoms with van der Waals surface area (Å²) in [6.07, 6.45) is 0.604. The van der Waals surface area contributed by atoms with E-state index >= 15 is 0 Å². The van der Waals surface area contributed by atoms with E-state index in [1.807, 2.05) is 23.1 Å². The summed E-state index contributed by atoms with van der Waals surface area (Å²) in [4.78, 5) is 16.7. The molecule has 2 N–H and O–H groups in total. The van der Waals surface area contributed by atoms with Gasteiger partial charge >= 0.3 is 0 Å². The zero-order valence-corrected chi connectivity index (χ0v) is 16.3. The van der Waals surface area contributed by atoms with Gasteiger partial charge in [0.15, 0.2) is 0 Å². The molecule has 1 fully saturated rings. The van der Waals surface area contributed by atoms with Gasteiger partial charge in [-0.2, -0.15) is 0 Å². The molecule has 28 heavy (non-hydrogen) atoms. The van der Waals surface area contributed by atoms with Crippen LogP contribution in [0.5, 0.6) is 5.75 Å². The lowest BCUT2D eigenvalue weighted by molar-refractivity contribution is -0.133. The Morgan fingerprint density at radius 3 is 2.39 bits per heavy atom. The molecule has 150 valence electrons. The predicted molar refractivity (Wildman–Crippen MR) is 108 cm³/mol. The van der Waals surface area contributed by atoms with Crippen molar-refractivity contribution in [1.82, 2.24) is 9.80 Å². The van der Waals surface area contributed by atoms with E-state index in [9.17, 15) is 9.18 Å². The first-order valence-corrected chi connectivity index (χ1v) is 9.68. The fraction of sp³-hybridized carbons (Fsp3) is 0.409.